The number of nitrogens with zero attached hydrogens (tertiary/aromatic N) is 4. The van der Waals surface area contributed by atoms with E-state index in [0.29, 0.717) is 11.6 Å². The molecule has 1 atom stereocenters. The number of hydrogen-bond donors (Lipinski definition) is 0. The minimum atomic E-state index is -0.136. The van der Waals surface area contributed by atoms with Crippen LogP contribution in [-0.4, -0.2) is 31.2 Å². The summed E-state index contributed by atoms with van der Waals surface area (Å²) in [6.07, 6.45) is 0.529. The predicted octanol–water partition coefficient (Wildman–Crippen LogP) is 2.12. The first-order valence-electron chi connectivity index (χ1n) is 5.75. The molecule has 0 amide bonds. The van der Waals surface area contributed by atoms with Crippen molar-refractivity contribution in [3.63, 3.8) is 0 Å². The van der Waals surface area contributed by atoms with E-state index >= 15 is 0 Å². The van der Waals surface area contributed by atoms with Gasteiger partial charge in [0, 0.05) is 6.42 Å². The molecule has 0 bridgehead atoms. The number of Topliss-reactive ketones (excluding diaryl/α,β-unsaturated/α-hetero) is 1. The largest absolute Gasteiger partial charge is 0.298 e. The summed E-state index contributed by atoms with van der Waals surface area (Å²) in [5.41, 5.74) is 0.890. The van der Waals surface area contributed by atoms with E-state index in [0.717, 1.165) is 5.69 Å². The van der Waals surface area contributed by atoms with E-state index in [9.17, 15) is 4.79 Å². The minimum absolute atomic E-state index is 0.136. The smallest absolute Gasteiger partial charge is 0.214 e. The molecule has 5 nitrogen and oxygen atoms in total. The van der Waals surface area contributed by atoms with Crippen LogP contribution >= 0.6 is 11.8 Å². The van der Waals surface area contributed by atoms with Gasteiger partial charge in [-0.05, 0) is 29.5 Å². The van der Waals surface area contributed by atoms with E-state index in [1.807, 2.05) is 44.2 Å². The normalized spacial score (nSPS) is 12.3. The summed E-state index contributed by atoms with van der Waals surface area (Å²) in [4.78, 5) is 11.6. The van der Waals surface area contributed by atoms with Gasteiger partial charge in [-0.3, -0.25) is 4.79 Å². The molecule has 0 saturated heterocycles. The van der Waals surface area contributed by atoms with Crippen LogP contribution in [0.1, 0.15) is 20.3 Å². The molecule has 1 heterocycles. The fraction of sp³-hybridized carbons (Fsp3) is 0.333. The van der Waals surface area contributed by atoms with Crippen LogP contribution < -0.4 is 0 Å². The molecule has 0 aliphatic rings. The number of benzene rings is 1. The highest BCUT2D eigenvalue weighted by molar-refractivity contribution is 8.00. The third-order valence-electron chi connectivity index (χ3n) is 2.53. The van der Waals surface area contributed by atoms with Crippen LogP contribution in [0, 0.1) is 0 Å². The molecule has 1 aromatic heterocycles. The Bertz CT molecular complexity index is 526. The zero-order chi connectivity index (χ0) is 13.0. The number of para-hydroxylation sites is 1. The summed E-state index contributed by atoms with van der Waals surface area (Å²) < 4.78 is 1.64. The lowest BCUT2D eigenvalue weighted by molar-refractivity contribution is -0.118. The lowest BCUT2D eigenvalue weighted by Gasteiger charge is -2.08. The highest BCUT2D eigenvalue weighted by Crippen LogP contribution is 2.23. The molecule has 0 N–H and O–H groups in total. The number of ketones is 1. The molecule has 2 aromatic rings. The Balaban J connectivity index is 2.21. The molecule has 2 rings (SSSR count). The van der Waals surface area contributed by atoms with Gasteiger partial charge in [0.2, 0.25) is 5.16 Å². The number of rotatable bonds is 5. The standard InChI is InChI=1S/C12H14N4OS/c1-3-11(17)9(2)18-12-13-14-15-16(12)10-7-5-4-6-8-10/h4-9H,3H2,1-2H3. The first kappa shape index (κ1) is 12.8. The fourth-order valence-electron chi connectivity index (χ4n) is 1.49. The van der Waals surface area contributed by atoms with E-state index in [4.69, 9.17) is 0 Å². The van der Waals surface area contributed by atoms with Gasteiger partial charge < -0.3 is 0 Å². The molecular formula is C12H14N4OS. The summed E-state index contributed by atoms with van der Waals surface area (Å²) in [6.45, 7) is 3.74. The van der Waals surface area contributed by atoms with E-state index in [2.05, 4.69) is 15.5 Å². The summed E-state index contributed by atoms with van der Waals surface area (Å²) in [6, 6.07) is 9.63. The summed E-state index contributed by atoms with van der Waals surface area (Å²) in [7, 11) is 0. The van der Waals surface area contributed by atoms with Gasteiger partial charge in [0.25, 0.3) is 0 Å². The Kier molecular flexibility index (Phi) is 4.09. The van der Waals surface area contributed by atoms with Crippen molar-refractivity contribution < 1.29 is 4.79 Å². The Morgan fingerprint density at radius 3 is 2.78 bits per heavy atom. The first-order chi connectivity index (χ1) is 8.72. The van der Waals surface area contributed by atoms with Gasteiger partial charge in [-0.15, -0.1) is 5.10 Å². The molecule has 0 spiro atoms. The Morgan fingerprint density at radius 1 is 1.39 bits per heavy atom. The van der Waals surface area contributed by atoms with Crippen molar-refractivity contribution in [1.82, 2.24) is 20.2 Å². The molecule has 18 heavy (non-hydrogen) atoms. The summed E-state index contributed by atoms with van der Waals surface area (Å²) in [5, 5.41) is 12.1. The zero-order valence-corrected chi connectivity index (χ0v) is 11.1. The van der Waals surface area contributed by atoms with Crippen LogP contribution in [0.5, 0.6) is 0 Å². The van der Waals surface area contributed by atoms with Gasteiger partial charge >= 0.3 is 0 Å². The van der Waals surface area contributed by atoms with Crippen molar-refractivity contribution in [3.8, 4) is 5.69 Å². The first-order valence-corrected chi connectivity index (χ1v) is 6.63. The molecule has 0 radical (unpaired) electrons. The molecule has 1 aromatic carbocycles. The van der Waals surface area contributed by atoms with Crippen molar-refractivity contribution in [2.75, 3.05) is 0 Å². The lowest BCUT2D eigenvalue weighted by atomic mass is 10.2. The maximum absolute atomic E-state index is 11.6. The van der Waals surface area contributed by atoms with Crippen LogP contribution in [-0.2, 0) is 4.79 Å². The fourth-order valence-corrected chi connectivity index (χ4v) is 2.43. The van der Waals surface area contributed by atoms with Gasteiger partial charge in [0.15, 0.2) is 0 Å². The zero-order valence-electron chi connectivity index (χ0n) is 10.3. The van der Waals surface area contributed by atoms with Crippen molar-refractivity contribution in [3.05, 3.63) is 30.3 Å². The molecule has 94 valence electrons. The number of hydrogen-bond acceptors (Lipinski definition) is 5. The quantitative estimate of drug-likeness (QED) is 0.772. The molecule has 6 heteroatoms. The molecular weight excluding hydrogens is 248 g/mol. The van der Waals surface area contributed by atoms with Gasteiger partial charge in [-0.2, -0.15) is 4.68 Å². The number of aromatic nitrogens is 4. The minimum Gasteiger partial charge on any atom is -0.298 e. The van der Waals surface area contributed by atoms with Crippen molar-refractivity contribution in [2.24, 2.45) is 0 Å². The second kappa shape index (κ2) is 5.77. The number of carbonyl (C=O) groups excluding carboxylic acids is 1. The van der Waals surface area contributed by atoms with Crippen LogP contribution in [0.2, 0.25) is 0 Å². The molecule has 1 unspecified atom stereocenters. The van der Waals surface area contributed by atoms with Crippen LogP contribution in [0.3, 0.4) is 0 Å². The van der Waals surface area contributed by atoms with Crippen LogP contribution in [0.25, 0.3) is 5.69 Å². The van der Waals surface area contributed by atoms with Crippen LogP contribution in [0.15, 0.2) is 35.5 Å². The Hall–Kier alpha value is -1.69. The highest BCUT2D eigenvalue weighted by Gasteiger charge is 2.17. The van der Waals surface area contributed by atoms with E-state index in [1.165, 1.54) is 11.8 Å². The summed E-state index contributed by atoms with van der Waals surface area (Å²) >= 11 is 1.38. The van der Waals surface area contributed by atoms with Crippen molar-refractivity contribution >= 4 is 17.5 Å². The van der Waals surface area contributed by atoms with E-state index in [1.54, 1.807) is 4.68 Å². The predicted molar refractivity (Wildman–Crippen MR) is 69.8 cm³/mol. The monoisotopic (exact) mass is 262 g/mol. The van der Waals surface area contributed by atoms with Gasteiger partial charge in [-0.1, -0.05) is 36.9 Å². The van der Waals surface area contributed by atoms with E-state index < -0.39 is 0 Å². The number of tetrazole rings is 1. The third-order valence-corrected chi connectivity index (χ3v) is 3.61. The third kappa shape index (κ3) is 2.76. The number of thioether (sulfide) groups is 1. The van der Waals surface area contributed by atoms with Gasteiger partial charge in [0.1, 0.15) is 5.78 Å². The molecule has 0 saturated carbocycles. The maximum Gasteiger partial charge on any atom is 0.214 e. The molecule has 0 aliphatic carbocycles. The lowest BCUT2D eigenvalue weighted by Crippen LogP contribution is -2.12. The summed E-state index contributed by atoms with van der Waals surface area (Å²) in [5.74, 6) is 0.197. The van der Waals surface area contributed by atoms with Crippen molar-refractivity contribution in [2.45, 2.75) is 30.7 Å². The number of carbonyl (C=O) groups is 1. The topological polar surface area (TPSA) is 60.7 Å². The Labute approximate surface area is 110 Å². The van der Waals surface area contributed by atoms with Gasteiger partial charge in [-0.25, -0.2) is 0 Å². The maximum atomic E-state index is 11.6. The van der Waals surface area contributed by atoms with Gasteiger partial charge in [0.05, 0.1) is 10.9 Å². The second-order valence-electron chi connectivity index (χ2n) is 3.79. The second-order valence-corrected chi connectivity index (χ2v) is 5.10. The molecule has 0 aliphatic heterocycles. The average molecular weight is 262 g/mol. The van der Waals surface area contributed by atoms with Crippen LogP contribution in [0.4, 0.5) is 0 Å². The Morgan fingerprint density at radius 2 is 2.11 bits per heavy atom. The SMILES string of the molecule is CCC(=O)C(C)Sc1nnnn1-c1ccccc1. The average Bonchev–Trinajstić information content (AvgIpc) is 2.86. The highest BCUT2D eigenvalue weighted by atomic mass is 32.2. The van der Waals surface area contributed by atoms with E-state index in [-0.39, 0.29) is 11.0 Å². The van der Waals surface area contributed by atoms with Crippen molar-refractivity contribution in [1.29, 1.82) is 0 Å². The molecule has 0 fully saturated rings.